The highest BCUT2D eigenvalue weighted by Gasteiger charge is 2.19. The third-order valence-electron chi connectivity index (χ3n) is 4.80. The number of nitrogens with one attached hydrogen (secondary N) is 2. The van der Waals surface area contributed by atoms with Crippen LogP contribution in [0.3, 0.4) is 0 Å². The second-order valence-electron chi connectivity index (χ2n) is 6.73. The molecule has 0 spiro atoms. The van der Waals surface area contributed by atoms with Crippen molar-refractivity contribution in [3.8, 4) is 0 Å². The molecule has 146 valence electrons. The van der Waals surface area contributed by atoms with Gasteiger partial charge in [0, 0.05) is 17.1 Å². The minimum absolute atomic E-state index is 0.164. The molecule has 7 heteroatoms. The molecule has 3 aromatic rings. The summed E-state index contributed by atoms with van der Waals surface area (Å²) in [4.78, 5) is 38.8. The van der Waals surface area contributed by atoms with Crippen molar-refractivity contribution in [2.45, 2.75) is 38.8 Å². The molecule has 2 heterocycles. The number of carbonyl (C=O) groups is 1. The molecule has 2 N–H and O–H groups in total. The normalized spacial score (nSPS) is 13.1. The lowest BCUT2D eigenvalue weighted by atomic mass is 9.95. The summed E-state index contributed by atoms with van der Waals surface area (Å²) in [7, 11) is 0. The second kappa shape index (κ2) is 8.84. The molecule has 1 amide bonds. The molecule has 0 aliphatic carbocycles. The van der Waals surface area contributed by atoms with Gasteiger partial charge in [-0.1, -0.05) is 44.2 Å². The van der Waals surface area contributed by atoms with Crippen LogP contribution in [0.2, 0.25) is 0 Å². The molecule has 0 saturated heterocycles. The van der Waals surface area contributed by atoms with E-state index in [1.165, 1.54) is 22.4 Å². The maximum Gasteiger partial charge on any atom is 0.328 e. The van der Waals surface area contributed by atoms with Crippen molar-refractivity contribution in [2.75, 3.05) is 0 Å². The van der Waals surface area contributed by atoms with Gasteiger partial charge in [0.1, 0.15) is 6.54 Å². The van der Waals surface area contributed by atoms with E-state index in [0.717, 1.165) is 16.9 Å². The van der Waals surface area contributed by atoms with Crippen LogP contribution in [-0.4, -0.2) is 15.5 Å². The molecule has 0 radical (unpaired) electrons. The zero-order valence-electron chi connectivity index (χ0n) is 15.8. The van der Waals surface area contributed by atoms with E-state index >= 15 is 0 Å². The Morgan fingerprint density at radius 3 is 2.46 bits per heavy atom. The van der Waals surface area contributed by atoms with Gasteiger partial charge in [0.15, 0.2) is 0 Å². The molecular weight excluding hydrogens is 374 g/mol. The lowest BCUT2D eigenvalue weighted by molar-refractivity contribution is -0.122. The predicted molar refractivity (Wildman–Crippen MR) is 111 cm³/mol. The van der Waals surface area contributed by atoms with Gasteiger partial charge in [-0.2, -0.15) is 0 Å². The van der Waals surface area contributed by atoms with Crippen molar-refractivity contribution in [2.24, 2.45) is 0 Å². The van der Waals surface area contributed by atoms with Gasteiger partial charge in [0.2, 0.25) is 5.91 Å². The first-order valence-corrected chi connectivity index (χ1v) is 10.1. The van der Waals surface area contributed by atoms with E-state index in [1.54, 1.807) is 11.3 Å². The van der Waals surface area contributed by atoms with Gasteiger partial charge < -0.3 is 5.32 Å². The zero-order chi connectivity index (χ0) is 20.1. The molecule has 0 unspecified atom stereocenters. The van der Waals surface area contributed by atoms with E-state index in [0.29, 0.717) is 5.92 Å². The van der Waals surface area contributed by atoms with Crippen molar-refractivity contribution < 1.29 is 4.79 Å². The summed E-state index contributed by atoms with van der Waals surface area (Å²) >= 11 is 1.56. The summed E-state index contributed by atoms with van der Waals surface area (Å²) in [6, 6.07) is 13.1. The van der Waals surface area contributed by atoms with Crippen molar-refractivity contribution in [1.82, 2.24) is 14.9 Å². The molecule has 28 heavy (non-hydrogen) atoms. The number of benzene rings is 1. The Labute approximate surface area is 166 Å². The largest absolute Gasteiger partial charge is 0.343 e. The molecule has 2 atom stereocenters. The molecule has 0 aliphatic rings. The van der Waals surface area contributed by atoms with Gasteiger partial charge in [-0.3, -0.25) is 19.1 Å². The van der Waals surface area contributed by atoms with E-state index in [2.05, 4.69) is 36.3 Å². The van der Waals surface area contributed by atoms with E-state index in [1.807, 2.05) is 29.6 Å². The van der Waals surface area contributed by atoms with Crippen LogP contribution in [0.5, 0.6) is 0 Å². The number of carbonyl (C=O) groups excluding carboxylic acids is 1. The number of H-pyrrole nitrogens is 1. The number of hydrogen-bond acceptors (Lipinski definition) is 4. The topological polar surface area (TPSA) is 84.0 Å². The van der Waals surface area contributed by atoms with Crippen LogP contribution in [-0.2, 0) is 11.3 Å². The maximum atomic E-state index is 12.6. The SMILES string of the molecule is CC[C@H](C)c1ccc([C@@H](NC(=O)Cn2ccc(=O)[nH]c2=O)c2cccs2)cc1. The Hall–Kier alpha value is -2.93. The van der Waals surface area contributed by atoms with E-state index in [9.17, 15) is 14.4 Å². The first-order valence-electron chi connectivity index (χ1n) is 9.20. The smallest absolute Gasteiger partial charge is 0.328 e. The van der Waals surface area contributed by atoms with E-state index in [-0.39, 0.29) is 18.5 Å². The fraction of sp³-hybridized carbons (Fsp3) is 0.286. The summed E-state index contributed by atoms with van der Waals surface area (Å²) < 4.78 is 1.17. The lowest BCUT2D eigenvalue weighted by Gasteiger charge is -2.19. The van der Waals surface area contributed by atoms with Crippen LogP contribution in [0.25, 0.3) is 0 Å². The predicted octanol–water partition coefficient (Wildman–Crippen LogP) is 3.02. The van der Waals surface area contributed by atoms with Crippen molar-refractivity contribution in [3.05, 3.63) is 90.9 Å². The Kier molecular flexibility index (Phi) is 6.26. The van der Waals surface area contributed by atoms with Gasteiger partial charge >= 0.3 is 5.69 Å². The minimum atomic E-state index is -0.603. The number of thiophene rings is 1. The number of aromatic amines is 1. The highest BCUT2D eigenvalue weighted by molar-refractivity contribution is 7.10. The molecule has 0 saturated carbocycles. The number of nitrogens with zero attached hydrogens (tertiary/aromatic N) is 1. The Balaban J connectivity index is 1.82. The van der Waals surface area contributed by atoms with Gasteiger partial charge in [0.25, 0.3) is 5.56 Å². The second-order valence-corrected chi connectivity index (χ2v) is 7.71. The third kappa shape index (κ3) is 4.67. The number of hydrogen-bond donors (Lipinski definition) is 2. The fourth-order valence-corrected chi connectivity index (χ4v) is 3.76. The van der Waals surface area contributed by atoms with Gasteiger partial charge in [0.05, 0.1) is 6.04 Å². The van der Waals surface area contributed by atoms with E-state index in [4.69, 9.17) is 0 Å². The molecule has 0 aliphatic heterocycles. The molecule has 0 fully saturated rings. The van der Waals surface area contributed by atoms with Gasteiger partial charge in [-0.25, -0.2) is 4.79 Å². The van der Waals surface area contributed by atoms with Crippen LogP contribution < -0.4 is 16.6 Å². The average molecular weight is 398 g/mol. The highest BCUT2D eigenvalue weighted by Crippen LogP contribution is 2.28. The van der Waals surface area contributed by atoms with Crippen LogP contribution in [0, 0.1) is 0 Å². The summed E-state index contributed by atoms with van der Waals surface area (Å²) in [5.74, 6) is 0.175. The summed E-state index contributed by atoms with van der Waals surface area (Å²) in [5, 5.41) is 4.98. The Morgan fingerprint density at radius 2 is 1.86 bits per heavy atom. The maximum absolute atomic E-state index is 12.6. The lowest BCUT2D eigenvalue weighted by Crippen LogP contribution is -2.37. The first-order chi connectivity index (χ1) is 13.5. The van der Waals surface area contributed by atoms with Crippen molar-refractivity contribution in [3.63, 3.8) is 0 Å². The monoisotopic (exact) mass is 397 g/mol. The summed E-state index contributed by atoms with van der Waals surface area (Å²) in [5.41, 5.74) is 1.16. The quantitative estimate of drug-likeness (QED) is 0.643. The molecule has 2 aromatic heterocycles. The summed E-state index contributed by atoms with van der Waals surface area (Å²) in [6.07, 6.45) is 2.39. The van der Waals surface area contributed by atoms with Crippen LogP contribution in [0.4, 0.5) is 0 Å². The van der Waals surface area contributed by atoms with Gasteiger partial charge in [-0.15, -0.1) is 11.3 Å². The van der Waals surface area contributed by atoms with Crippen LogP contribution in [0.1, 0.15) is 48.2 Å². The molecule has 0 bridgehead atoms. The van der Waals surface area contributed by atoms with E-state index < -0.39 is 11.2 Å². The first kappa shape index (κ1) is 19.8. The molecule has 1 aromatic carbocycles. The number of aromatic nitrogens is 2. The average Bonchev–Trinajstić information content (AvgIpc) is 3.22. The zero-order valence-corrected chi connectivity index (χ0v) is 16.7. The standard InChI is InChI=1S/C21H23N3O3S/c1-3-14(2)15-6-8-16(9-7-15)20(17-5-4-12-28-17)22-19(26)13-24-11-10-18(25)23-21(24)27/h4-12,14,20H,3,13H2,1-2H3,(H,22,26)(H,23,25,27)/t14-,20+/m0/s1. The van der Waals surface area contributed by atoms with Crippen LogP contribution in [0.15, 0.2) is 63.6 Å². The van der Waals surface area contributed by atoms with Gasteiger partial charge in [-0.05, 0) is 34.9 Å². The molecular formula is C21H23N3O3S. The fourth-order valence-electron chi connectivity index (χ4n) is 2.96. The minimum Gasteiger partial charge on any atom is -0.343 e. The molecule has 6 nitrogen and oxygen atoms in total. The third-order valence-corrected chi connectivity index (χ3v) is 5.73. The van der Waals surface area contributed by atoms with Crippen LogP contribution >= 0.6 is 11.3 Å². The number of amides is 1. The van der Waals surface area contributed by atoms with Crippen molar-refractivity contribution in [1.29, 1.82) is 0 Å². The number of rotatable bonds is 7. The Morgan fingerprint density at radius 1 is 1.14 bits per heavy atom. The highest BCUT2D eigenvalue weighted by atomic mass is 32.1. The Bertz CT molecular complexity index is 1040. The summed E-state index contributed by atoms with van der Waals surface area (Å²) in [6.45, 7) is 4.18. The van der Waals surface area contributed by atoms with Crippen molar-refractivity contribution >= 4 is 17.2 Å². The molecule has 3 rings (SSSR count).